The maximum absolute atomic E-state index is 4.61. The van der Waals surface area contributed by atoms with Gasteiger partial charge in [-0.3, -0.25) is 0 Å². The van der Waals surface area contributed by atoms with Crippen molar-refractivity contribution < 1.29 is 0 Å². The Hall–Kier alpha value is -5.31. The number of fused-ring (bicyclic) bond motifs is 9. The van der Waals surface area contributed by atoms with Crippen molar-refractivity contribution in [3.63, 3.8) is 0 Å². The minimum absolute atomic E-state index is 1.09. The molecule has 2 heteroatoms. The highest BCUT2D eigenvalue weighted by Crippen LogP contribution is 2.40. The largest absolute Gasteiger partial charge is 0.245 e. The summed E-state index contributed by atoms with van der Waals surface area (Å²) in [4.78, 5) is 5.70. The third kappa shape index (κ3) is 3.88. The third-order valence-corrected chi connectivity index (χ3v) is 9.91. The molecule has 0 N–H and O–H groups in total. The number of aromatic nitrogens is 1. The van der Waals surface area contributed by atoms with Gasteiger partial charge in [0.05, 0.1) is 0 Å². The van der Waals surface area contributed by atoms with Crippen molar-refractivity contribution in [1.82, 2.24) is 4.98 Å². The van der Waals surface area contributed by atoms with Crippen LogP contribution in [-0.2, 0) is 0 Å². The first kappa shape index (κ1) is 24.3. The fourth-order valence-corrected chi connectivity index (χ4v) is 7.85. The van der Waals surface area contributed by atoms with E-state index in [1.165, 1.54) is 81.2 Å². The number of pyridine rings is 1. The molecule has 0 aliphatic rings. The van der Waals surface area contributed by atoms with E-state index in [4.69, 9.17) is 0 Å². The summed E-state index contributed by atoms with van der Waals surface area (Å²) < 4.78 is 1.29. The number of nitrogens with zero attached hydrogens (tertiary/aromatic N) is 1. The maximum atomic E-state index is 4.61. The molecule has 0 amide bonds. The van der Waals surface area contributed by atoms with E-state index in [0.29, 0.717) is 0 Å². The fraction of sp³-hybridized carbons (Fsp3) is 0. The highest BCUT2D eigenvalue weighted by molar-refractivity contribution is 7.26. The van der Waals surface area contributed by atoms with Crippen LogP contribution >= 0.6 is 11.3 Å². The molecule has 0 radical (unpaired) electrons. The molecule has 0 aliphatic carbocycles. The van der Waals surface area contributed by atoms with E-state index in [9.17, 15) is 0 Å². The van der Waals surface area contributed by atoms with Gasteiger partial charge in [-0.15, -0.1) is 11.3 Å². The normalized spacial score (nSPS) is 11.7. The lowest BCUT2D eigenvalue weighted by molar-refractivity contribution is 1.45. The highest BCUT2D eigenvalue weighted by atomic mass is 32.1. The average Bonchev–Trinajstić information content (AvgIpc) is 3.47. The van der Waals surface area contributed by atoms with E-state index >= 15 is 0 Å². The van der Waals surface area contributed by atoms with E-state index in [1.54, 1.807) is 11.3 Å². The van der Waals surface area contributed by atoms with Crippen LogP contribution < -0.4 is 0 Å². The molecule has 0 fully saturated rings. The summed E-state index contributed by atoms with van der Waals surface area (Å²) in [5.41, 5.74) is 7.38. The minimum Gasteiger partial charge on any atom is -0.245 e. The molecule has 0 atom stereocenters. The molecule has 0 aliphatic heterocycles. The van der Waals surface area contributed by atoms with Gasteiger partial charge in [0.15, 0.2) is 0 Å². The second kappa shape index (κ2) is 9.62. The zero-order valence-corrected chi connectivity index (χ0v) is 24.1. The first-order chi connectivity index (χ1) is 21.3. The summed E-state index contributed by atoms with van der Waals surface area (Å²) in [5, 5.41) is 10.3. The van der Waals surface area contributed by atoms with Crippen LogP contribution in [0.25, 0.3) is 86.0 Å². The molecule has 0 bridgehead atoms. The molecule has 0 saturated carbocycles. The summed E-state index contributed by atoms with van der Waals surface area (Å²) >= 11 is 1.77. The van der Waals surface area contributed by atoms with Crippen LogP contribution in [-0.4, -0.2) is 4.98 Å². The lowest BCUT2D eigenvalue weighted by Gasteiger charge is -2.12. The van der Waals surface area contributed by atoms with E-state index < -0.39 is 0 Å². The zero-order chi connectivity index (χ0) is 28.3. The SMILES string of the molecule is c1cc(-c2ccc(-c3ccc4c5ccccc5c5ccccc5c4c3)cc2)cc(-c2cccc3c2sc2ncccc23)c1. The highest BCUT2D eigenvalue weighted by Gasteiger charge is 2.12. The molecule has 1 nitrogen and oxygen atoms in total. The lowest BCUT2D eigenvalue weighted by Crippen LogP contribution is -1.85. The van der Waals surface area contributed by atoms with Crippen molar-refractivity contribution in [1.29, 1.82) is 0 Å². The van der Waals surface area contributed by atoms with Gasteiger partial charge in [-0.25, -0.2) is 4.98 Å². The van der Waals surface area contributed by atoms with Crippen molar-refractivity contribution in [3.8, 4) is 33.4 Å². The van der Waals surface area contributed by atoms with Gasteiger partial charge in [-0.1, -0.05) is 121 Å². The first-order valence-electron chi connectivity index (χ1n) is 14.6. The van der Waals surface area contributed by atoms with Gasteiger partial charge in [0.1, 0.15) is 4.83 Å². The lowest BCUT2D eigenvalue weighted by atomic mass is 9.91. The molecular weight excluding hydrogens is 539 g/mol. The molecule has 0 saturated heterocycles. The molecule has 2 heterocycles. The molecule has 0 unspecified atom stereocenters. The molecule has 2 aromatic heterocycles. The Morgan fingerprint density at radius 1 is 0.349 bits per heavy atom. The predicted octanol–water partition coefficient (Wildman–Crippen LogP) is 11.9. The Bertz CT molecular complexity index is 2470. The Balaban J connectivity index is 1.11. The van der Waals surface area contributed by atoms with Crippen molar-refractivity contribution in [2.24, 2.45) is 0 Å². The van der Waals surface area contributed by atoms with Gasteiger partial charge >= 0.3 is 0 Å². The Morgan fingerprint density at radius 3 is 1.60 bits per heavy atom. The Morgan fingerprint density at radius 2 is 0.884 bits per heavy atom. The van der Waals surface area contributed by atoms with E-state index in [2.05, 4.69) is 145 Å². The summed E-state index contributed by atoms with van der Waals surface area (Å²) in [6.45, 7) is 0. The van der Waals surface area contributed by atoms with Gasteiger partial charge in [-0.2, -0.15) is 0 Å². The van der Waals surface area contributed by atoms with Crippen molar-refractivity contribution in [2.75, 3.05) is 0 Å². The minimum atomic E-state index is 1.09. The van der Waals surface area contributed by atoms with Crippen molar-refractivity contribution in [3.05, 3.63) is 152 Å². The van der Waals surface area contributed by atoms with Crippen LogP contribution in [0.5, 0.6) is 0 Å². The van der Waals surface area contributed by atoms with Crippen molar-refractivity contribution in [2.45, 2.75) is 0 Å². The van der Waals surface area contributed by atoms with Crippen LogP contribution in [0.2, 0.25) is 0 Å². The van der Waals surface area contributed by atoms with Crippen LogP contribution in [0.15, 0.2) is 152 Å². The number of hydrogen-bond acceptors (Lipinski definition) is 2. The smallest absolute Gasteiger partial charge is 0.124 e. The number of rotatable bonds is 3. The van der Waals surface area contributed by atoms with Gasteiger partial charge in [0, 0.05) is 21.7 Å². The molecule has 9 aromatic rings. The van der Waals surface area contributed by atoms with Crippen LogP contribution in [0.4, 0.5) is 0 Å². The second-order valence-electron chi connectivity index (χ2n) is 11.2. The van der Waals surface area contributed by atoms with Crippen molar-refractivity contribution >= 4 is 64.0 Å². The molecule has 7 aromatic carbocycles. The van der Waals surface area contributed by atoms with Gasteiger partial charge < -0.3 is 0 Å². The molecule has 200 valence electrons. The Labute approximate surface area is 253 Å². The maximum Gasteiger partial charge on any atom is 0.124 e. The number of thiophene rings is 1. The van der Waals surface area contributed by atoms with Crippen LogP contribution in [0.3, 0.4) is 0 Å². The summed E-state index contributed by atoms with van der Waals surface area (Å²) in [7, 11) is 0. The zero-order valence-electron chi connectivity index (χ0n) is 23.3. The van der Waals surface area contributed by atoms with Gasteiger partial charge in [0.2, 0.25) is 0 Å². The summed E-state index contributed by atoms with van der Waals surface area (Å²) in [6.07, 6.45) is 1.88. The van der Waals surface area contributed by atoms with E-state index in [-0.39, 0.29) is 0 Å². The monoisotopic (exact) mass is 563 g/mol. The van der Waals surface area contributed by atoms with Crippen LogP contribution in [0.1, 0.15) is 0 Å². The first-order valence-corrected chi connectivity index (χ1v) is 15.4. The average molecular weight is 564 g/mol. The fourth-order valence-electron chi connectivity index (χ4n) is 6.67. The third-order valence-electron chi connectivity index (χ3n) is 8.74. The van der Waals surface area contributed by atoms with Gasteiger partial charge in [0.25, 0.3) is 0 Å². The summed E-state index contributed by atoms with van der Waals surface area (Å²) in [6, 6.07) is 53.1. The predicted molar refractivity (Wildman–Crippen MR) is 186 cm³/mol. The number of hydrogen-bond donors (Lipinski definition) is 0. The molecule has 0 spiro atoms. The van der Waals surface area contributed by atoms with E-state index in [0.717, 1.165) is 4.83 Å². The van der Waals surface area contributed by atoms with Gasteiger partial charge in [-0.05, 0) is 90.0 Å². The Kier molecular flexibility index (Phi) is 5.44. The quantitative estimate of drug-likeness (QED) is 0.195. The topological polar surface area (TPSA) is 12.9 Å². The molecular formula is C41H25NS. The van der Waals surface area contributed by atoms with E-state index in [1.807, 2.05) is 12.3 Å². The standard InChI is InChI=1S/C41H25NS/c1-2-12-34-32(10-1)33-11-3-4-13-35(33)39-25-29(21-22-36(34)39)27-19-17-26(18-20-27)28-8-5-9-30(24-28)31-14-6-15-37-38-16-7-23-42-41(38)43-40(31)37/h1-25H. The second-order valence-corrected chi connectivity index (χ2v) is 12.1. The summed E-state index contributed by atoms with van der Waals surface area (Å²) in [5.74, 6) is 0. The van der Waals surface area contributed by atoms with Crippen LogP contribution in [0, 0.1) is 0 Å². The number of benzene rings is 7. The molecule has 43 heavy (non-hydrogen) atoms. The molecule has 9 rings (SSSR count).